The third-order valence-corrected chi connectivity index (χ3v) is 3.05. The standard InChI is InChI=1S/C15H25NO3/c1-3-9-19-14-7-5-12(6-8-14)15(18)10-16-13(4-2)11-17/h5-8,13,15-18H,3-4,9-11H2,1-2H3. The molecular formula is C15H25NO3. The highest BCUT2D eigenvalue weighted by atomic mass is 16.5. The Morgan fingerprint density at radius 2 is 1.89 bits per heavy atom. The van der Waals surface area contributed by atoms with Crippen LogP contribution in [0.15, 0.2) is 24.3 Å². The summed E-state index contributed by atoms with van der Waals surface area (Å²) in [5.41, 5.74) is 0.851. The summed E-state index contributed by atoms with van der Waals surface area (Å²) in [4.78, 5) is 0. The molecule has 0 spiro atoms. The number of hydrogen-bond donors (Lipinski definition) is 3. The van der Waals surface area contributed by atoms with Gasteiger partial charge < -0.3 is 20.3 Å². The maximum absolute atomic E-state index is 10.0. The molecule has 0 aliphatic heterocycles. The SMILES string of the molecule is CCCOc1ccc(C(O)CNC(CC)CO)cc1. The fraction of sp³-hybridized carbons (Fsp3) is 0.600. The summed E-state index contributed by atoms with van der Waals surface area (Å²) in [6.45, 7) is 5.30. The average Bonchev–Trinajstić information content (AvgIpc) is 2.46. The van der Waals surface area contributed by atoms with Crippen molar-refractivity contribution in [2.24, 2.45) is 0 Å². The van der Waals surface area contributed by atoms with Crippen LogP contribution >= 0.6 is 0 Å². The van der Waals surface area contributed by atoms with Gasteiger partial charge in [-0.2, -0.15) is 0 Å². The molecule has 2 unspecified atom stereocenters. The minimum Gasteiger partial charge on any atom is -0.494 e. The minimum absolute atomic E-state index is 0.0433. The van der Waals surface area contributed by atoms with Crippen molar-refractivity contribution in [1.82, 2.24) is 5.32 Å². The van der Waals surface area contributed by atoms with E-state index in [1.807, 2.05) is 31.2 Å². The van der Waals surface area contributed by atoms with Crippen molar-refractivity contribution < 1.29 is 14.9 Å². The van der Waals surface area contributed by atoms with Crippen LogP contribution in [0, 0.1) is 0 Å². The van der Waals surface area contributed by atoms with E-state index in [0.717, 1.165) is 24.2 Å². The second kappa shape index (κ2) is 8.91. The van der Waals surface area contributed by atoms with Crippen LogP contribution in [0.4, 0.5) is 0 Å². The van der Waals surface area contributed by atoms with Gasteiger partial charge in [0.2, 0.25) is 0 Å². The molecule has 4 nitrogen and oxygen atoms in total. The van der Waals surface area contributed by atoms with Crippen molar-refractivity contribution >= 4 is 0 Å². The second-order valence-electron chi connectivity index (χ2n) is 4.63. The zero-order chi connectivity index (χ0) is 14.1. The van der Waals surface area contributed by atoms with Crippen LogP contribution in [-0.4, -0.2) is 36.0 Å². The molecule has 0 saturated carbocycles. The lowest BCUT2D eigenvalue weighted by Crippen LogP contribution is -2.34. The molecule has 0 amide bonds. The van der Waals surface area contributed by atoms with E-state index >= 15 is 0 Å². The summed E-state index contributed by atoms with van der Waals surface area (Å²) in [6, 6.07) is 7.53. The van der Waals surface area contributed by atoms with Gasteiger partial charge in [-0.3, -0.25) is 0 Å². The predicted octanol–water partition coefficient (Wildman–Crippen LogP) is 1.87. The van der Waals surface area contributed by atoms with Gasteiger partial charge in [-0.05, 0) is 30.5 Å². The maximum Gasteiger partial charge on any atom is 0.119 e. The Kier molecular flexibility index (Phi) is 7.48. The van der Waals surface area contributed by atoms with Crippen molar-refractivity contribution in [3.05, 3.63) is 29.8 Å². The third-order valence-electron chi connectivity index (χ3n) is 3.05. The first-order valence-electron chi connectivity index (χ1n) is 6.96. The van der Waals surface area contributed by atoms with E-state index in [1.54, 1.807) is 0 Å². The number of aliphatic hydroxyl groups excluding tert-OH is 2. The fourth-order valence-corrected chi connectivity index (χ4v) is 1.74. The highest BCUT2D eigenvalue weighted by Gasteiger charge is 2.10. The summed E-state index contributed by atoms with van der Waals surface area (Å²) >= 11 is 0. The molecule has 1 rings (SSSR count). The largest absolute Gasteiger partial charge is 0.494 e. The van der Waals surface area contributed by atoms with E-state index in [4.69, 9.17) is 9.84 Å². The molecule has 0 aliphatic carbocycles. The average molecular weight is 267 g/mol. The van der Waals surface area contributed by atoms with Crippen molar-refractivity contribution in [3.63, 3.8) is 0 Å². The van der Waals surface area contributed by atoms with Gasteiger partial charge in [-0.1, -0.05) is 26.0 Å². The second-order valence-corrected chi connectivity index (χ2v) is 4.63. The van der Waals surface area contributed by atoms with E-state index in [0.29, 0.717) is 13.2 Å². The Labute approximate surface area is 115 Å². The maximum atomic E-state index is 10.0. The molecule has 0 aliphatic rings. The first-order chi connectivity index (χ1) is 9.21. The van der Waals surface area contributed by atoms with Crippen LogP contribution in [0.1, 0.15) is 38.4 Å². The quantitative estimate of drug-likeness (QED) is 0.639. The van der Waals surface area contributed by atoms with Gasteiger partial charge in [-0.15, -0.1) is 0 Å². The lowest BCUT2D eigenvalue weighted by molar-refractivity contribution is 0.157. The van der Waals surface area contributed by atoms with E-state index in [2.05, 4.69) is 12.2 Å². The molecule has 4 heteroatoms. The predicted molar refractivity (Wildman–Crippen MR) is 76.4 cm³/mol. The summed E-state index contributed by atoms with van der Waals surface area (Å²) < 4.78 is 5.49. The molecule has 0 saturated heterocycles. The summed E-state index contributed by atoms with van der Waals surface area (Å²) in [7, 11) is 0. The molecule has 3 N–H and O–H groups in total. The van der Waals surface area contributed by atoms with Crippen molar-refractivity contribution in [3.8, 4) is 5.75 Å². The van der Waals surface area contributed by atoms with Crippen LogP contribution in [0.5, 0.6) is 5.75 Å². The van der Waals surface area contributed by atoms with E-state index < -0.39 is 6.10 Å². The number of hydrogen-bond acceptors (Lipinski definition) is 4. The summed E-state index contributed by atoms with van der Waals surface area (Å²) in [5.74, 6) is 0.826. The Hall–Kier alpha value is -1.10. The molecule has 1 aromatic rings. The Bertz CT molecular complexity index is 336. The normalized spacial score (nSPS) is 14.1. The molecule has 2 atom stereocenters. The van der Waals surface area contributed by atoms with Crippen LogP contribution in [0.3, 0.4) is 0 Å². The zero-order valence-electron chi connectivity index (χ0n) is 11.8. The van der Waals surface area contributed by atoms with Gasteiger partial charge in [0, 0.05) is 12.6 Å². The van der Waals surface area contributed by atoms with Gasteiger partial charge in [0.15, 0.2) is 0 Å². The lowest BCUT2D eigenvalue weighted by atomic mass is 10.1. The van der Waals surface area contributed by atoms with Crippen LogP contribution in [0.2, 0.25) is 0 Å². The number of nitrogens with one attached hydrogen (secondary N) is 1. The van der Waals surface area contributed by atoms with Gasteiger partial charge in [-0.25, -0.2) is 0 Å². The number of benzene rings is 1. The van der Waals surface area contributed by atoms with Crippen molar-refractivity contribution in [2.45, 2.75) is 38.8 Å². The number of ether oxygens (including phenoxy) is 1. The molecule has 19 heavy (non-hydrogen) atoms. The highest BCUT2D eigenvalue weighted by molar-refractivity contribution is 5.28. The first kappa shape index (κ1) is 16.0. The van der Waals surface area contributed by atoms with Gasteiger partial charge in [0.05, 0.1) is 19.3 Å². The van der Waals surface area contributed by atoms with Crippen molar-refractivity contribution in [1.29, 1.82) is 0 Å². The monoisotopic (exact) mass is 267 g/mol. The Morgan fingerprint density at radius 3 is 2.42 bits per heavy atom. The fourth-order valence-electron chi connectivity index (χ4n) is 1.74. The summed E-state index contributed by atoms with van der Waals surface area (Å²) in [6.07, 6.45) is 1.25. The number of rotatable bonds is 9. The van der Waals surface area contributed by atoms with Gasteiger partial charge >= 0.3 is 0 Å². The molecule has 0 bridgehead atoms. The Balaban J connectivity index is 2.45. The Morgan fingerprint density at radius 1 is 1.21 bits per heavy atom. The number of aliphatic hydroxyl groups is 2. The molecule has 1 aromatic carbocycles. The molecule has 108 valence electrons. The molecule has 0 radical (unpaired) electrons. The van der Waals surface area contributed by atoms with E-state index in [1.165, 1.54) is 0 Å². The lowest BCUT2D eigenvalue weighted by Gasteiger charge is -2.18. The van der Waals surface area contributed by atoms with E-state index in [-0.39, 0.29) is 12.6 Å². The topological polar surface area (TPSA) is 61.7 Å². The molecular weight excluding hydrogens is 242 g/mol. The highest BCUT2D eigenvalue weighted by Crippen LogP contribution is 2.17. The van der Waals surface area contributed by atoms with Crippen LogP contribution in [0.25, 0.3) is 0 Å². The molecule has 0 aromatic heterocycles. The first-order valence-corrected chi connectivity index (χ1v) is 6.96. The smallest absolute Gasteiger partial charge is 0.119 e. The van der Waals surface area contributed by atoms with Crippen LogP contribution < -0.4 is 10.1 Å². The van der Waals surface area contributed by atoms with Gasteiger partial charge in [0.1, 0.15) is 5.75 Å². The molecule has 0 heterocycles. The minimum atomic E-state index is -0.569. The van der Waals surface area contributed by atoms with Crippen LogP contribution in [-0.2, 0) is 0 Å². The third kappa shape index (κ3) is 5.59. The zero-order valence-corrected chi connectivity index (χ0v) is 11.8. The van der Waals surface area contributed by atoms with Crippen molar-refractivity contribution in [2.75, 3.05) is 19.8 Å². The van der Waals surface area contributed by atoms with Gasteiger partial charge in [0.25, 0.3) is 0 Å². The molecule has 0 fully saturated rings. The summed E-state index contributed by atoms with van der Waals surface area (Å²) in [5, 5.41) is 22.2. The van der Waals surface area contributed by atoms with E-state index in [9.17, 15) is 5.11 Å².